The fraction of sp³-hybridized carbons (Fsp3) is 0.542. The summed E-state index contributed by atoms with van der Waals surface area (Å²) in [5, 5.41) is 0. The van der Waals surface area contributed by atoms with Crippen LogP contribution in [-0.4, -0.2) is 59.7 Å². The number of hydrogen-bond acceptors (Lipinski definition) is 3. The molecule has 0 bridgehead atoms. The molecule has 1 aromatic heterocycles. The van der Waals surface area contributed by atoms with Crippen LogP contribution in [0.2, 0.25) is 0 Å². The molecule has 0 radical (unpaired) electrons. The minimum atomic E-state index is 0.0858. The van der Waals surface area contributed by atoms with Gasteiger partial charge in [-0.25, -0.2) is 0 Å². The summed E-state index contributed by atoms with van der Waals surface area (Å²) in [6.45, 7) is 12.6. The largest absolute Gasteiger partial charge is 0.379 e. The zero-order valence-corrected chi connectivity index (χ0v) is 18.4. The van der Waals surface area contributed by atoms with Crippen molar-refractivity contribution in [3.63, 3.8) is 0 Å². The van der Waals surface area contributed by atoms with E-state index in [1.54, 1.807) is 0 Å². The Morgan fingerprint density at radius 1 is 1.10 bits per heavy atom. The number of aryl methyl sites for hydroxylation is 1. The molecule has 29 heavy (non-hydrogen) atoms. The summed E-state index contributed by atoms with van der Waals surface area (Å²) in [5.41, 5.74) is 3.24. The van der Waals surface area contributed by atoms with Gasteiger partial charge in [0.05, 0.1) is 19.8 Å². The van der Waals surface area contributed by atoms with E-state index in [4.69, 9.17) is 4.74 Å². The highest BCUT2D eigenvalue weighted by molar-refractivity contribution is 5.94. The second-order valence-electron chi connectivity index (χ2n) is 8.97. The molecule has 2 heterocycles. The Kier molecular flexibility index (Phi) is 7.14. The maximum atomic E-state index is 13.3. The van der Waals surface area contributed by atoms with Crippen molar-refractivity contribution >= 4 is 5.91 Å². The standard InChI is InChI=1S/C24H35N3O2/c1-24(2,3)21-10-8-20(9-11-21)23(28)27(19-22-7-5-12-25(22)4)14-6-13-26-15-17-29-18-16-26/h5,7-12H,6,13-19H2,1-4H3. The average Bonchev–Trinajstić information content (AvgIpc) is 3.11. The minimum absolute atomic E-state index is 0.0858. The van der Waals surface area contributed by atoms with Gasteiger partial charge in [-0.15, -0.1) is 0 Å². The average molecular weight is 398 g/mol. The Labute approximate surface area is 175 Å². The second-order valence-corrected chi connectivity index (χ2v) is 8.97. The number of benzene rings is 1. The van der Waals surface area contributed by atoms with Crippen molar-refractivity contribution < 1.29 is 9.53 Å². The molecule has 0 aliphatic carbocycles. The van der Waals surface area contributed by atoms with Crippen LogP contribution in [0.15, 0.2) is 42.6 Å². The topological polar surface area (TPSA) is 37.7 Å². The lowest BCUT2D eigenvalue weighted by Crippen LogP contribution is -2.39. The Balaban J connectivity index is 1.69. The van der Waals surface area contributed by atoms with Gasteiger partial charge in [0.15, 0.2) is 0 Å². The molecule has 0 atom stereocenters. The molecule has 3 rings (SSSR count). The Bertz CT molecular complexity index is 783. The summed E-state index contributed by atoms with van der Waals surface area (Å²) in [6, 6.07) is 12.2. The highest BCUT2D eigenvalue weighted by atomic mass is 16.5. The van der Waals surface area contributed by atoms with Gasteiger partial charge in [0.25, 0.3) is 5.91 Å². The van der Waals surface area contributed by atoms with Crippen LogP contribution in [-0.2, 0) is 23.7 Å². The van der Waals surface area contributed by atoms with Crippen LogP contribution in [0.5, 0.6) is 0 Å². The van der Waals surface area contributed by atoms with Crippen molar-refractivity contribution in [2.45, 2.75) is 39.2 Å². The fourth-order valence-electron chi connectivity index (χ4n) is 3.71. The number of ether oxygens (including phenoxy) is 1. The van der Waals surface area contributed by atoms with Gasteiger partial charge in [-0.3, -0.25) is 9.69 Å². The van der Waals surface area contributed by atoms with E-state index in [-0.39, 0.29) is 11.3 Å². The number of rotatable bonds is 7. The van der Waals surface area contributed by atoms with Crippen molar-refractivity contribution in [3.8, 4) is 0 Å². The summed E-state index contributed by atoms with van der Waals surface area (Å²) in [7, 11) is 2.03. The van der Waals surface area contributed by atoms with Gasteiger partial charge in [0.2, 0.25) is 0 Å². The summed E-state index contributed by atoms with van der Waals surface area (Å²) in [6.07, 6.45) is 3.00. The van der Waals surface area contributed by atoms with Gasteiger partial charge in [-0.05, 0) is 41.7 Å². The van der Waals surface area contributed by atoms with Crippen molar-refractivity contribution in [2.24, 2.45) is 7.05 Å². The van der Waals surface area contributed by atoms with Gasteiger partial charge in [-0.2, -0.15) is 0 Å². The lowest BCUT2D eigenvalue weighted by Gasteiger charge is -2.28. The molecule has 158 valence electrons. The molecule has 2 aromatic rings. The second kappa shape index (κ2) is 9.59. The first kappa shape index (κ1) is 21.6. The zero-order valence-electron chi connectivity index (χ0n) is 18.4. The number of carbonyl (C=O) groups excluding carboxylic acids is 1. The normalized spacial score (nSPS) is 15.4. The molecule has 0 N–H and O–H groups in total. The Morgan fingerprint density at radius 3 is 2.38 bits per heavy atom. The van der Waals surface area contributed by atoms with Gasteiger partial charge in [0, 0.05) is 50.7 Å². The zero-order chi connectivity index (χ0) is 20.9. The van der Waals surface area contributed by atoms with Crippen LogP contribution >= 0.6 is 0 Å². The SMILES string of the molecule is Cn1cccc1CN(CCCN1CCOCC1)C(=O)c1ccc(C(C)(C)C)cc1. The summed E-state index contributed by atoms with van der Waals surface area (Å²) in [5.74, 6) is 0.105. The maximum Gasteiger partial charge on any atom is 0.254 e. The fourth-order valence-corrected chi connectivity index (χ4v) is 3.71. The van der Waals surface area contributed by atoms with E-state index in [2.05, 4.69) is 48.4 Å². The maximum absolute atomic E-state index is 13.3. The molecule has 1 aliphatic heterocycles. The Hall–Kier alpha value is -2.11. The molecule has 0 saturated carbocycles. The van der Waals surface area contributed by atoms with Gasteiger partial charge >= 0.3 is 0 Å². The van der Waals surface area contributed by atoms with E-state index in [9.17, 15) is 4.79 Å². The first-order chi connectivity index (χ1) is 13.8. The van der Waals surface area contributed by atoms with Crippen molar-refractivity contribution in [2.75, 3.05) is 39.4 Å². The van der Waals surface area contributed by atoms with E-state index < -0.39 is 0 Å². The quantitative estimate of drug-likeness (QED) is 0.715. The van der Waals surface area contributed by atoms with Crippen LogP contribution in [0.3, 0.4) is 0 Å². The number of nitrogens with zero attached hydrogens (tertiary/aromatic N) is 3. The predicted octanol–water partition coefficient (Wildman–Crippen LogP) is 3.69. The van der Waals surface area contributed by atoms with Gasteiger partial charge in [0.1, 0.15) is 0 Å². The molecule has 0 unspecified atom stereocenters. The highest BCUT2D eigenvalue weighted by Crippen LogP contribution is 2.23. The van der Waals surface area contributed by atoms with Crippen LogP contribution < -0.4 is 0 Å². The monoisotopic (exact) mass is 397 g/mol. The Morgan fingerprint density at radius 2 is 1.79 bits per heavy atom. The van der Waals surface area contributed by atoms with E-state index in [0.717, 1.165) is 57.1 Å². The number of morpholine rings is 1. The van der Waals surface area contributed by atoms with Crippen LogP contribution in [0.1, 0.15) is 48.8 Å². The summed E-state index contributed by atoms with van der Waals surface area (Å²) in [4.78, 5) is 17.7. The van der Waals surface area contributed by atoms with E-state index in [1.807, 2.05) is 36.3 Å². The molecule has 1 aliphatic rings. The van der Waals surface area contributed by atoms with Crippen molar-refractivity contribution in [1.82, 2.24) is 14.4 Å². The third-order valence-electron chi connectivity index (χ3n) is 5.70. The van der Waals surface area contributed by atoms with Gasteiger partial charge in [-0.1, -0.05) is 32.9 Å². The molecular weight excluding hydrogens is 362 g/mol. The number of aromatic nitrogens is 1. The van der Waals surface area contributed by atoms with Crippen molar-refractivity contribution in [1.29, 1.82) is 0 Å². The van der Waals surface area contributed by atoms with Crippen LogP contribution in [0.25, 0.3) is 0 Å². The first-order valence-corrected chi connectivity index (χ1v) is 10.6. The molecule has 1 aromatic carbocycles. The molecule has 1 saturated heterocycles. The molecule has 1 amide bonds. The van der Waals surface area contributed by atoms with Crippen LogP contribution in [0, 0.1) is 0 Å². The predicted molar refractivity (Wildman–Crippen MR) is 117 cm³/mol. The summed E-state index contributed by atoms with van der Waals surface area (Å²) < 4.78 is 7.52. The number of hydrogen-bond donors (Lipinski definition) is 0. The van der Waals surface area contributed by atoms with E-state index in [1.165, 1.54) is 5.56 Å². The van der Waals surface area contributed by atoms with Gasteiger partial charge < -0.3 is 14.2 Å². The summed E-state index contributed by atoms with van der Waals surface area (Å²) >= 11 is 0. The lowest BCUT2D eigenvalue weighted by molar-refractivity contribution is 0.0355. The third-order valence-corrected chi connectivity index (χ3v) is 5.70. The number of carbonyl (C=O) groups is 1. The first-order valence-electron chi connectivity index (χ1n) is 10.6. The van der Waals surface area contributed by atoms with Crippen LogP contribution in [0.4, 0.5) is 0 Å². The highest BCUT2D eigenvalue weighted by Gasteiger charge is 2.20. The minimum Gasteiger partial charge on any atom is -0.379 e. The third kappa shape index (κ3) is 5.94. The smallest absolute Gasteiger partial charge is 0.254 e. The molecule has 0 spiro atoms. The lowest BCUT2D eigenvalue weighted by atomic mass is 9.86. The molecule has 5 heteroatoms. The van der Waals surface area contributed by atoms with Crippen molar-refractivity contribution in [3.05, 3.63) is 59.4 Å². The number of amides is 1. The molecular formula is C24H35N3O2. The van der Waals surface area contributed by atoms with E-state index in [0.29, 0.717) is 6.54 Å². The van der Waals surface area contributed by atoms with E-state index >= 15 is 0 Å². The molecule has 5 nitrogen and oxygen atoms in total. The molecule has 1 fully saturated rings.